The van der Waals surface area contributed by atoms with E-state index in [0.29, 0.717) is 12.6 Å². The SMILES string of the molecule is CC(C)C(=O)N(Cc1ccc(F)cc1)C1CCCCC1. The van der Waals surface area contributed by atoms with Gasteiger partial charge in [-0.05, 0) is 30.5 Å². The Bertz CT molecular complexity index is 435. The topological polar surface area (TPSA) is 20.3 Å². The lowest BCUT2D eigenvalue weighted by Crippen LogP contribution is -2.42. The number of carbonyl (C=O) groups is 1. The molecule has 0 N–H and O–H groups in total. The van der Waals surface area contributed by atoms with E-state index in [4.69, 9.17) is 0 Å². The Morgan fingerprint density at radius 2 is 1.80 bits per heavy atom. The summed E-state index contributed by atoms with van der Waals surface area (Å²) in [6, 6.07) is 6.84. The maximum absolute atomic E-state index is 13.0. The first-order valence-electron chi connectivity index (χ1n) is 7.63. The predicted octanol–water partition coefficient (Wildman–Crippen LogP) is 4.14. The summed E-state index contributed by atoms with van der Waals surface area (Å²) in [4.78, 5) is 14.5. The van der Waals surface area contributed by atoms with Gasteiger partial charge >= 0.3 is 0 Å². The summed E-state index contributed by atoms with van der Waals surface area (Å²) in [6.45, 7) is 4.49. The number of rotatable bonds is 4. The zero-order chi connectivity index (χ0) is 14.5. The van der Waals surface area contributed by atoms with E-state index in [1.807, 2.05) is 18.7 Å². The van der Waals surface area contributed by atoms with Crippen LogP contribution in [-0.2, 0) is 11.3 Å². The summed E-state index contributed by atoms with van der Waals surface area (Å²) >= 11 is 0. The van der Waals surface area contributed by atoms with Gasteiger partial charge in [-0.1, -0.05) is 45.2 Å². The van der Waals surface area contributed by atoms with Gasteiger partial charge in [0.15, 0.2) is 0 Å². The Morgan fingerprint density at radius 1 is 1.20 bits per heavy atom. The summed E-state index contributed by atoms with van der Waals surface area (Å²) in [5, 5.41) is 0. The highest BCUT2D eigenvalue weighted by molar-refractivity contribution is 5.78. The van der Waals surface area contributed by atoms with Gasteiger partial charge in [0.05, 0.1) is 0 Å². The number of halogens is 1. The highest BCUT2D eigenvalue weighted by atomic mass is 19.1. The molecule has 1 aliphatic carbocycles. The van der Waals surface area contributed by atoms with E-state index < -0.39 is 0 Å². The molecule has 2 nitrogen and oxygen atoms in total. The lowest BCUT2D eigenvalue weighted by molar-refractivity contribution is -0.138. The molecular weight excluding hydrogens is 253 g/mol. The lowest BCUT2D eigenvalue weighted by atomic mass is 9.93. The van der Waals surface area contributed by atoms with Gasteiger partial charge in [0.1, 0.15) is 5.82 Å². The minimum atomic E-state index is -0.229. The van der Waals surface area contributed by atoms with Gasteiger partial charge in [-0.15, -0.1) is 0 Å². The molecule has 1 amide bonds. The normalized spacial score (nSPS) is 16.4. The molecule has 0 atom stereocenters. The van der Waals surface area contributed by atoms with Gasteiger partial charge in [0.2, 0.25) is 5.91 Å². The second-order valence-corrected chi connectivity index (χ2v) is 6.04. The van der Waals surface area contributed by atoms with E-state index in [-0.39, 0.29) is 17.6 Å². The fraction of sp³-hybridized carbons (Fsp3) is 0.588. The van der Waals surface area contributed by atoms with Crippen LogP contribution in [0.4, 0.5) is 4.39 Å². The van der Waals surface area contributed by atoms with Crippen LogP contribution < -0.4 is 0 Å². The van der Waals surface area contributed by atoms with Crippen LogP contribution in [-0.4, -0.2) is 16.8 Å². The van der Waals surface area contributed by atoms with Crippen LogP contribution in [0.5, 0.6) is 0 Å². The number of hydrogen-bond acceptors (Lipinski definition) is 1. The fourth-order valence-corrected chi connectivity index (χ4v) is 2.90. The molecule has 0 radical (unpaired) electrons. The van der Waals surface area contributed by atoms with Gasteiger partial charge in [0, 0.05) is 18.5 Å². The van der Waals surface area contributed by atoms with Crippen LogP contribution in [0.3, 0.4) is 0 Å². The number of benzene rings is 1. The molecule has 110 valence electrons. The third-order valence-electron chi connectivity index (χ3n) is 4.06. The molecule has 2 rings (SSSR count). The average Bonchev–Trinajstić information content (AvgIpc) is 2.47. The van der Waals surface area contributed by atoms with E-state index >= 15 is 0 Å². The summed E-state index contributed by atoms with van der Waals surface area (Å²) < 4.78 is 13.0. The minimum Gasteiger partial charge on any atom is -0.335 e. The van der Waals surface area contributed by atoms with E-state index in [0.717, 1.165) is 18.4 Å². The van der Waals surface area contributed by atoms with Gasteiger partial charge < -0.3 is 4.90 Å². The number of carbonyl (C=O) groups excluding carboxylic acids is 1. The number of nitrogens with zero attached hydrogens (tertiary/aromatic N) is 1. The molecule has 0 bridgehead atoms. The van der Waals surface area contributed by atoms with Crippen molar-refractivity contribution in [3.8, 4) is 0 Å². The molecule has 0 aromatic heterocycles. The van der Waals surface area contributed by atoms with Crippen molar-refractivity contribution >= 4 is 5.91 Å². The van der Waals surface area contributed by atoms with Crippen LogP contribution in [0, 0.1) is 11.7 Å². The molecular formula is C17H24FNO. The average molecular weight is 277 g/mol. The molecule has 1 aromatic carbocycles. The standard InChI is InChI=1S/C17H24FNO/c1-13(2)17(20)19(16-6-4-3-5-7-16)12-14-8-10-15(18)11-9-14/h8-11,13,16H,3-7,12H2,1-2H3. The first-order chi connectivity index (χ1) is 9.58. The van der Waals surface area contributed by atoms with Crippen molar-refractivity contribution in [2.75, 3.05) is 0 Å². The van der Waals surface area contributed by atoms with Gasteiger partial charge in [-0.2, -0.15) is 0 Å². The molecule has 1 fully saturated rings. The summed E-state index contributed by atoms with van der Waals surface area (Å²) in [5.74, 6) is -0.00764. The second kappa shape index (κ2) is 6.87. The maximum atomic E-state index is 13.0. The van der Waals surface area contributed by atoms with Gasteiger partial charge in [-0.25, -0.2) is 4.39 Å². The first kappa shape index (κ1) is 15.0. The highest BCUT2D eigenvalue weighted by Crippen LogP contribution is 2.25. The summed E-state index contributed by atoms with van der Waals surface area (Å²) in [5.41, 5.74) is 1.01. The van der Waals surface area contributed by atoms with Crippen LogP contribution >= 0.6 is 0 Å². The maximum Gasteiger partial charge on any atom is 0.225 e. The van der Waals surface area contributed by atoms with Crippen molar-refractivity contribution in [1.29, 1.82) is 0 Å². The molecule has 0 saturated heterocycles. The molecule has 1 aromatic rings. The number of hydrogen-bond donors (Lipinski definition) is 0. The monoisotopic (exact) mass is 277 g/mol. The Hall–Kier alpha value is -1.38. The van der Waals surface area contributed by atoms with Crippen LogP contribution in [0.2, 0.25) is 0 Å². The molecule has 0 unspecified atom stereocenters. The zero-order valence-corrected chi connectivity index (χ0v) is 12.4. The van der Waals surface area contributed by atoms with Crippen molar-refractivity contribution < 1.29 is 9.18 Å². The third-order valence-corrected chi connectivity index (χ3v) is 4.06. The van der Waals surface area contributed by atoms with Crippen LogP contribution in [0.25, 0.3) is 0 Å². The van der Waals surface area contributed by atoms with Gasteiger partial charge in [-0.3, -0.25) is 4.79 Å². The lowest BCUT2D eigenvalue weighted by Gasteiger charge is -2.35. The van der Waals surface area contributed by atoms with E-state index in [2.05, 4.69) is 0 Å². The van der Waals surface area contributed by atoms with Crippen molar-refractivity contribution in [2.45, 2.75) is 58.5 Å². The van der Waals surface area contributed by atoms with Crippen LogP contribution in [0.1, 0.15) is 51.5 Å². The molecule has 0 spiro atoms. The van der Waals surface area contributed by atoms with Crippen molar-refractivity contribution in [2.24, 2.45) is 5.92 Å². The van der Waals surface area contributed by atoms with E-state index in [1.54, 1.807) is 12.1 Å². The third kappa shape index (κ3) is 3.81. The summed E-state index contributed by atoms with van der Waals surface area (Å²) in [6.07, 6.45) is 5.88. The van der Waals surface area contributed by atoms with Crippen molar-refractivity contribution in [3.05, 3.63) is 35.6 Å². The van der Waals surface area contributed by atoms with Crippen molar-refractivity contribution in [3.63, 3.8) is 0 Å². The largest absolute Gasteiger partial charge is 0.335 e. The first-order valence-corrected chi connectivity index (χ1v) is 7.63. The molecule has 20 heavy (non-hydrogen) atoms. The smallest absolute Gasteiger partial charge is 0.225 e. The van der Waals surface area contributed by atoms with Crippen molar-refractivity contribution in [1.82, 2.24) is 4.90 Å². The predicted molar refractivity (Wildman–Crippen MR) is 78.7 cm³/mol. The molecule has 0 aliphatic heterocycles. The highest BCUT2D eigenvalue weighted by Gasteiger charge is 2.26. The Kier molecular flexibility index (Phi) is 5.16. The Morgan fingerprint density at radius 3 is 2.35 bits per heavy atom. The minimum absolute atomic E-state index is 0.0115. The van der Waals surface area contributed by atoms with E-state index in [9.17, 15) is 9.18 Å². The summed E-state index contributed by atoms with van der Waals surface area (Å²) in [7, 11) is 0. The van der Waals surface area contributed by atoms with E-state index in [1.165, 1.54) is 31.4 Å². The number of amides is 1. The molecule has 3 heteroatoms. The van der Waals surface area contributed by atoms with Gasteiger partial charge in [0.25, 0.3) is 0 Å². The molecule has 0 heterocycles. The molecule has 1 saturated carbocycles. The fourth-order valence-electron chi connectivity index (χ4n) is 2.90. The quantitative estimate of drug-likeness (QED) is 0.810. The Balaban J connectivity index is 2.13. The zero-order valence-electron chi connectivity index (χ0n) is 12.4. The second-order valence-electron chi connectivity index (χ2n) is 6.04. The Labute approximate surface area is 121 Å². The van der Waals surface area contributed by atoms with Crippen LogP contribution in [0.15, 0.2) is 24.3 Å². The molecule has 1 aliphatic rings.